The van der Waals surface area contributed by atoms with Crippen LogP contribution in [0.5, 0.6) is 0 Å². The number of hydrogen-bond acceptors (Lipinski definition) is 1. The van der Waals surface area contributed by atoms with Crippen LogP contribution in [0.3, 0.4) is 0 Å². The summed E-state index contributed by atoms with van der Waals surface area (Å²) < 4.78 is 1.92. The van der Waals surface area contributed by atoms with Gasteiger partial charge in [-0.05, 0) is 30.3 Å². The minimum Gasteiger partial charge on any atom is -0.353 e. The van der Waals surface area contributed by atoms with E-state index in [-0.39, 0.29) is 5.43 Å². The predicted molar refractivity (Wildman–Crippen MR) is 83.6 cm³/mol. The Morgan fingerprint density at radius 1 is 1.10 bits per heavy atom. The molecule has 0 radical (unpaired) electrons. The van der Waals surface area contributed by atoms with E-state index >= 15 is 0 Å². The Morgan fingerprint density at radius 3 is 2.75 bits per heavy atom. The van der Waals surface area contributed by atoms with Crippen molar-refractivity contribution in [3.63, 3.8) is 0 Å². The number of benzene rings is 2. The number of H-pyrrole nitrogens is 1. The van der Waals surface area contributed by atoms with Gasteiger partial charge in [-0.25, -0.2) is 0 Å². The number of aromatic amines is 1. The van der Waals surface area contributed by atoms with Crippen LogP contribution in [0, 0.1) is 0 Å². The molecule has 2 aromatic heterocycles. The quantitative estimate of drug-likeness (QED) is 0.523. The number of hydrogen-bond donors (Lipinski definition) is 1. The predicted octanol–water partition coefficient (Wildman–Crippen LogP) is 3.83. The molecule has 98 valence electrons. The molecule has 0 unspecified atom stereocenters. The highest BCUT2D eigenvalue weighted by atomic mass is 35.5. The Morgan fingerprint density at radius 2 is 1.90 bits per heavy atom. The average Bonchev–Trinajstić information content (AvgIpc) is 2.72. The summed E-state index contributed by atoms with van der Waals surface area (Å²) in [5.41, 5.74) is 3.41. The zero-order chi connectivity index (χ0) is 13.9. The minimum absolute atomic E-state index is 0.0455. The van der Waals surface area contributed by atoms with E-state index in [1.54, 1.807) is 0 Å². The molecule has 0 fully saturated rings. The lowest BCUT2D eigenvalue weighted by atomic mass is 10.1. The van der Waals surface area contributed by atoms with Crippen LogP contribution in [0.25, 0.3) is 32.8 Å². The molecule has 3 nitrogen and oxygen atoms in total. The van der Waals surface area contributed by atoms with Crippen molar-refractivity contribution in [2.24, 2.45) is 7.05 Å². The first-order valence-electron chi connectivity index (χ1n) is 6.35. The molecular formula is C16H11ClN2O. The van der Waals surface area contributed by atoms with E-state index in [0.29, 0.717) is 15.9 Å². The van der Waals surface area contributed by atoms with Gasteiger partial charge >= 0.3 is 0 Å². The van der Waals surface area contributed by atoms with Crippen LogP contribution >= 0.6 is 11.6 Å². The van der Waals surface area contributed by atoms with Gasteiger partial charge < -0.3 is 9.55 Å². The molecule has 0 atom stereocenters. The van der Waals surface area contributed by atoms with Gasteiger partial charge in [0, 0.05) is 28.4 Å². The lowest BCUT2D eigenvalue weighted by Crippen LogP contribution is -2.07. The van der Waals surface area contributed by atoms with E-state index in [4.69, 9.17) is 11.6 Å². The van der Waals surface area contributed by atoms with Crippen molar-refractivity contribution in [1.82, 2.24) is 9.55 Å². The first-order valence-corrected chi connectivity index (χ1v) is 6.73. The molecule has 4 aromatic rings. The van der Waals surface area contributed by atoms with E-state index < -0.39 is 0 Å². The van der Waals surface area contributed by atoms with Gasteiger partial charge in [-0.15, -0.1) is 0 Å². The molecule has 0 bridgehead atoms. The van der Waals surface area contributed by atoms with E-state index in [2.05, 4.69) is 4.98 Å². The first-order chi connectivity index (χ1) is 9.66. The molecule has 20 heavy (non-hydrogen) atoms. The maximum atomic E-state index is 12.7. The zero-order valence-corrected chi connectivity index (χ0v) is 11.5. The summed E-state index contributed by atoms with van der Waals surface area (Å²) in [7, 11) is 1.91. The third-order valence-electron chi connectivity index (χ3n) is 3.81. The molecule has 4 heteroatoms. The highest BCUT2D eigenvalue weighted by Gasteiger charge is 2.14. The summed E-state index contributed by atoms with van der Waals surface area (Å²) in [6.07, 6.45) is 0. The van der Waals surface area contributed by atoms with Crippen LogP contribution in [0.4, 0.5) is 0 Å². The largest absolute Gasteiger partial charge is 0.353 e. The number of rotatable bonds is 0. The molecule has 0 aliphatic heterocycles. The second-order valence-corrected chi connectivity index (χ2v) is 5.38. The van der Waals surface area contributed by atoms with Crippen LogP contribution in [0.15, 0.2) is 47.3 Å². The summed E-state index contributed by atoms with van der Waals surface area (Å²) in [5.74, 6) is 0. The Hall–Kier alpha value is -2.26. The van der Waals surface area contributed by atoms with Crippen LogP contribution < -0.4 is 5.43 Å². The molecular weight excluding hydrogens is 272 g/mol. The number of halogens is 1. The highest BCUT2D eigenvalue weighted by molar-refractivity contribution is 6.31. The van der Waals surface area contributed by atoms with E-state index in [1.165, 1.54) is 0 Å². The van der Waals surface area contributed by atoms with Gasteiger partial charge in [0.15, 0.2) is 0 Å². The van der Waals surface area contributed by atoms with Gasteiger partial charge in [0.2, 0.25) is 5.43 Å². The molecule has 0 aliphatic carbocycles. The summed E-state index contributed by atoms with van der Waals surface area (Å²) in [6.45, 7) is 0. The number of aryl methyl sites for hydroxylation is 1. The molecule has 0 amide bonds. The van der Waals surface area contributed by atoms with Crippen LogP contribution in [-0.4, -0.2) is 9.55 Å². The van der Waals surface area contributed by atoms with Crippen molar-refractivity contribution in [2.75, 3.05) is 0 Å². The second kappa shape index (κ2) is 3.87. The van der Waals surface area contributed by atoms with Gasteiger partial charge in [-0.1, -0.05) is 23.7 Å². The van der Waals surface area contributed by atoms with Gasteiger partial charge in [0.25, 0.3) is 0 Å². The van der Waals surface area contributed by atoms with Gasteiger partial charge in [0.1, 0.15) is 5.52 Å². The maximum Gasteiger partial charge on any atom is 0.213 e. The Labute approximate surface area is 119 Å². The van der Waals surface area contributed by atoms with Crippen molar-refractivity contribution >= 4 is 44.4 Å². The molecule has 4 rings (SSSR count). The topological polar surface area (TPSA) is 37.8 Å². The van der Waals surface area contributed by atoms with Gasteiger partial charge in [-0.2, -0.15) is 0 Å². The van der Waals surface area contributed by atoms with Gasteiger partial charge in [0.05, 0.1) is 11.0 Å². The van der Waals surface area contributed by atoms with Gasteiger partial charge in [-0.3, -0.25) is 4.79 Å². The molecule has 0 saturated carbocycles. The highest BCUT2D eigenvalue weighted by Crippen LogP contribution is 2.28. The summed E-state index contributed by atoms with van der Waals surface area (Å²) >= 11 is 6.09. The van der Waals surface area contributed by atoms with Crippen molar-refractivity contribution in [2.45, 2.75) is 0 Å². The Kier molecular flexibility index (Phi) is 2.24. The number of fused-ring (bicyclic) bond motifs is 4. The SMILES string of the molecule is Cn1c2ccc(Cl)cc2c2[nH]c3ccccc3c(=O)c21. The van der Waals surface area contributed by atoms with Crippen LogP contribution in [-0.2, 0) is 7.05 Å². The molecule has 2 heterocycles. The number of pyridine rings is 1. The normalized spacial score (nSPS) is 11.7. The third kappa shape index (κ3) is 1.38. The first kappa shape index (κ1) is 11.6. The molecule has 1 N–H and O–H groups in total. The molecule has 2 aromatic carbocycles. The average molecular weight is 283 g/mol. The lowest BCUT2D eigenvalue weighted by molar-refractivity contribution is 1.01. The lowest BCUT2D eigenvalue weighted by Gasteiger charge is -2.00. The number of para-hydroxylation sites is 1. The summed E-state index contributed by atoms with van der Waals surface area (Å²) in [5, 5.41) is 2.34. The third-order valence-corrected chi connectivity index (χ3v) is 4.04. The van der Waals surface area contributed by atoms with Crippen molar-refractivity contribution in [3.8, 4) is 0 Å². The molecule has 0 spiro atoms. The summed E-state index contributed by atoms with van der Waals surface area (Å²) in [6, 6.07) is 13.2. The number of nitrogens with one attached hydrogen (secondary N) is 1. The smallest absolute Gasteiger partial charge is 0.213 e. The number of aromatic nitrogens is 2. The van der Waals surface area contributed by atoms with Crippen molar-refractivity contribution < 1.29 is 0 Å². The van der Waals surface area contributed by atoms with E-state index in [1.807, 2.05) is 54.1 Å². The van der Waals surface area contributed by atoms with Crippen LogP contribution in [0.2, 0.25) is 5.02 Å². The fraction of sp³-hybridized carbons (Fsp3) is 0.0625. The zero-order valence-electron chi connectivity index (χ0n) is 10.8. The summed E-state index contributed by atoms with van der Waals surface area (Å²) in [4.78, 5) is 16.1. The molecule has 0 aliphatic rings. The minimum atomic E-state index is 0.0455. The maximum absolute atomic E-state index is 12.7. The van der Waals surface area contributed by atoms with E-state index in [0.717, 1.165) is 21.9 Å². The van der Waals surface area contributed by atoms with E-state index in [9.17, 15) is 4.79 Å². The van der Waals surface area contributed by atoms with Crippen LogP contribution in [0.1, 0.15) is 0 Å². The second-order valence-electron chi connectivity index (χ2n) is 4.94. The van der Waals surface area contributed by atoms with Crippen molar-refractivity contribution in [1.29, 1.82) is 0 Å². The Balaban J connectivity index is 2.39. The molecule has 0 saturated heterocycles. The standard InChI is InChI=1S/C16H11ClN2O/c1-19-13-7-6-9(17)8-11(13)14-15(19)16(20)10-4-2-3-5-12(10)18-14/h2-8H,1H3,(H,18,20). The van der Waals surface area contributed by atoms with Crippen molar-refractivity contribution in [3.05, 3.63) is 57.7 Å². The fourth-order valence-corrected chi connectivity index (χ4v) is 3.03. The Bertz CT molecular complexity index is 1040. The monoisotopic (exact) mass is 282 g/mol. The number of nitrogens with zero attached hydrogens (tertiary/aromatic N) is 1. The fourth-order valence-electron chi connectivity index (χ4n) is 2.86.